The Labute approximate surface area is 108 Å². The second-order valence-electron chi connectivity index (χ2n) is 4.69. The SMILES string of the molecule is C=Cc1ccccc1OP(=O)(O)C1CCCCC1. The molecule has 1 aliphatic carbocycles. The van der Waals surface area contributed by atoms with Crippen molar-refractivity contribution in [1.29, 1.82) is 0 Å². The average molecular weight is 266 g/mol. The fourth-order valence-corrected chi connectivity index (χ4v) is 3.97. The van der Waals surface area contributed by atoms with Crippen molar-refractivity contribution in [3.05, 3.63) is 36.4 Å². The lowest BCUT2D eigenvalue weighted by molar-refractivity contribution is 0.343. The molecule has 0 saturated heterocycles. The van der Waals surface area contributed by atoms with E-state index < -0.39 is 7.60 Å². The van der Waals surface area contributed by atoms with E-state index in [1.165, 1.54) is 0 Å². The molecular weight excluding hydrogens is 247 g/mol. The summed E-state index contributed by atoms with van der Waals surface area (Å²) in [5, 5.41) is 0. The highest BCUT2D eigenvalue weighted by molar-refractivity contribution is 7.54. The predicted molar refractivity (Wildman–Crippen MR) is 73.9 cm³/mol. The first-order valence-corrected chi connectivity index (χ1v) is 8.01. The maximum atomic E-state index is 12.3. The lowest BCUT2D eigenvalue weighted by Crippen LogP contribution is -2.16. The van der Waals surface area contributed by atoms with Gasteiger partial charge in [0.05, 0.1) is 5.66 Å². The second kappa shape index (κ2) is 5.73. The molecule has 1 N–H and O–H groups in total. The van der Waals surface area contributed by atoms with Crippen LogP contribution in [0, 0.1) is 0 Å². The van der Waals surface area contributed by atoms with Gasteiger partial charge in [0, 0.05) is 5.56 Å². The van der Waals surface area contributed by atoms with Gasteiger partial charge in [0.25, 0.3) is 0 Å². The minimum atomic E-state index is -3.58. The van der Waals surface area contributed by atoms with Gasteiger partial charge in [-0.25, -0.2) is 4.57 Å². The summed E-state index contributed by atoms with van der Waals surface area (Å²) >= 11 is 0. The van der Waals surface area contributed by atoms with Crippen LogP contribution in [0.5, 0.6) is 5.75 Å². The van der Waals surface area contributed by atoms with Crippen LogP contribution in [-0.4, -0.2) is 10.6 Å². The molecule has 0 spiro atoms. The van der Waals surface area contributed by atoms with Crippen LogP contribution in [0.25, 0.3) is 6.08 Å². The normalized spacial score (nSPS) is 20.1. The van der Waals surface area contributed by atoms with Gasteiger partial charge in [-0.2, -0.15) is 0 Å². The molecule has 18 heavy (non-hydrogen) atoms. The maximum absolute atomic E-state index is 12.3. The van der Waals surface area contributed by atoms with Gasteiger partial charge >= 0.3 is 7.60 Å². The van der Waals surface area contributed by atoms with E-state index >= 15 is 0 Å². The number of rotatable bonds is 4. The molecule has 4 heteroatoms. The Bertz CT molecular complexity index is 464. The van der Waals surface area contributed by atoms with Gasteiger partial charge in [0.1, 0.15) is 5.75 Å². The Morgan fingerprint density at radius 2 is 1.94 bits per heavy atom. The molecule has 0 amide bonds. The van der Waals surface area contributed by atoms with Crippen LogP contribution in [0.1, 0.15) is 37.7 Å². The number of hydrogen-bond donors (Lipinski definition) is 1. The van der Waals surface area contributed by atoms with Crippen LogP contribution < -0.4 is 4.52 Å². The molecule has 0 radical (unpaired) electrons. The van der Waals surface area contributed by atoms with E-state index in [0.29, 0.717) is 5.75 Å². The Kier molecular flexibility index (Phi) is 4.26. The minimum Gasteiger partial charge on any atom is -0.424 e. The highest BCUT2D eigenvalue weighted by Crippen LogP contribution is 2.53. The van der Waals surface area contributed by atoms with Gasteiger partial charge in [-0.1, -0.05) is 50.1 Å². The molecule has 3 nitrogen and oxygen atoms in total. The molecule has 1 aromatic rings. The van der Waals surface area contributed by atoms with Crippen molar-refractivity contribution in [3.8, 4) is 5.75 Å². The Morgan fingerprint density at radius 1 is 1.28 bits per heavy atom. The van der Waals surface area contributed by atoms with Crippen LogP contribution in [0.4, 0.5) is 0 Å². The van der Waals surface area contributed by atoms with Crippen LogP contribution in [-0.2, 0) is 4.57 Å². The summed E-state index contributed by atoms with van der Waals surface area (Å²) in [7, 11) is -3.58. The van der Waals surface area contributed by atoms with Crippen molar-refractivity contribution < 1.29 is 14.0 Å². The van der Waals surface area contributed by atoms with Crippen molar-refractivity contribution in [3.63, 3.8) is 0 Å². The zero-order valence-electron chi connectivity index (χ0n) is 10.4. The topological polar surface area (TPSA) is 46.5 Å². The van der Waals surface area contributed by atoms with Crippen molar-refractivity contribution in [2.75, 3.05) is 0 Å². The monoisotopic (exact) mass is 266 g/mol. The molecule has 1 atom stereocenters. The third kappa shape index (κ3) is 3.04. The van der Waals surface area contributed by atoms with E-state index in [-0.39, 0.29) is 5.66 Å². The van der Waals surface area contributed by atoms with Gasteiger partial charge in [0.15, 0.2) is 0 Å². The molecule has 2 rings (SSSR count). The van der Waals surface area contributed by atoms with Crippen molar-refractivity contribution >= 4 is 13.7 Å². The van der Waals surface area contributed by atoms with E-state index in [4.69, 9.17) is 4.52 Å². The van der Waals surface area contributed by atoms with E-state index in [1.807, 2.05) is 12.1 Å². The molecule has 0 heterocycles. The Morgan fingerprint density at radius 3 is 2.61 bits per heavy atom. The van der Waals surface area contributed by atoms with Gasteiger partial charge in [-0.15, -0.1) is 0 Å². The van der Waals surface area contributed by atoms with Crippen molar-refractivity contribution in [2.24, 2.45) is 0 Å². The van der Waals surface area contributed by atoms with Gasteiger partial charge in [0.2, 0.25) is 0 Å². The first kappa shape index (κ1) is 13.4. The maximum Gasteiger partial charge on any atom is 0.379 e. The fourth-order valence-electron chi connectivity index (χ4n) is 2.36. The molecular formula is C14H19O3P. The number of para-hydroxylation sites is 1. The first-order chi connectivity index (χ1) is 8.63. The zero-order chi connectivity index (χ0) is 13.0. The smallest absolute Gasteiger partial charge is 0.379 e. The molecule has 1 aromatic carbocycles. The van der Waals surface area contributed by atoms with Crippen LogP contribution in [0.15, 0.2) is 30.8 Å². The standard InChI is InChI=1S/C14H19O3P/c1-2-12-8-6-7-11-14(12)17-18(15,16)13-9-4-3-5-10-13/h2,6-8,11,13H,1,3-5,9-10H2,(H,15,16). The van der Waals surface area contributed by atoms with E-state index in [9.17, 15) is 9.46 Å². The number of hydrogen-bond acceptors (Lipinski definition) is 2. The van der Waals surface area contributed by atoms with E-state index in [0.717, 1.165) is 37.7 Å². The summed E-state index contributed by atoms with van der Waals surface area (Å²) in [4.78, 5) is 10.1. The first-order valence-electron chi connectivity index (χ1n) is 6.37. The van der Waals surface area contributed by atoms with Crippen LogP contribution in [0.3, 0.4) is 0 Å². The van der Waals surface area contributed by atoms with Gasteiger partial charge in [-0.05, 0) is 18.9 Å². The Balaban J connectivity index is 2.16. The molecule has 1 unspecified atom stereocenters. The lowest BCUT2D eigenvalue weighted by atomic mass is 10.0. The Hall–Kier alpha value is -1.05. The second-order valence-corrected chi connectivity index (χ2v) is 6.73. The van der Waals surface area contributed by atoms with Gasteiger partial charge in [-0.3, -0.25) is 0 Å². The molecule has 1 saturated carbocycles. The van der Waals surface area contributed by atoms with Crippen LogP contribution in [0.2, 0.25) is 0 Å². The summed E-state index contributed by atoms with van der Waals surface area (Å²) in [6.07, 6.45) is 6.38. The quantitative estimate of drug-likeness (QED) is 0.830. The largest absolute Gasteiger partial charge is 0.424 e. The summed E-state index contributed by atoms with van der Waals surface area (Å²) in [5.41, 5.74) is 0.534. The molecule has 1 aliphatic rings. The van der Waals surface area contributed by atoms with Crippen molar-refractivity contribution in [2.45, 2.75) is 37.8 Å². The third-order valence-corrected chi connectivity index (χ3v) is 5.30. The summed E-state index contributed by atoms with van der Waals surface area (Å²) in [5.74, 6) is 0.448. The molecule has 0 aromatic heterocycles. The van der Waals surface area contributed by atoms with Crippen LogP contribution >= 0.6 is 7.60 Å². The highest BCUT2D eigenvalue weighted by atomic mass is 31.2. The van der Waals surface area contributed by atoms with E-state index in [2.05, 4.69) is 6.58 Å². The summed E-state index contributed by atoms with van der Waals surface area (Å²) in [6.45, 7) is 3.68. The third-order valence-electron chi connectivity index (χ3n) is 3.40. The lowest BCUT2D eigenvalue weighted by Gasteiger charge is -2.26. The highest BCUT2D eigenvalue weighted by Gasteiger charge is 2.34. The molecule has 0 bridgehead atoms. The number of benzene rings is 1. The minimum absolute atomic E-state index is 0.218. The average Bonchev–Trinajstić information content (AvgIpc) is 2.40. The zero-order valence-corrected chi connectivity index (χ0v) is 11.3. The molecule has 98 valence electrons. The van der Waals surface area contributed by atoms with Gasteiger partial charge < -0.3 is 9.42 Å². The van der Waals surface area contributed by atoms with E-state index in [1.54, 1.807) is 18.2 Å². The fraction of sp³-hybridized carbons (Fsp3) is 0.429. The van der Waals surface area contributed by atoms with Crippen molar-refractivity contribution in [1.82, 2.24) is 0 Å². The predicted octanol–water partition coefficient (Wildman–Crippen LogP) is 4.23. The summed E-state index contributed by atoms with van der Waals surface area (Å²) < 4.78 is 17.7. The summed E-state index contributed by atoms with van der Waals surface area (Å²) in [6, 6.07) is 7.18. The molecule has 1 fully saturated rings. The molecule has 0 aliphatic heterocycles.